The van der Waals surface area contributed by atoms with Crippen molar-refractivity contribution in [1.82, 2.24) is 0 Å². The molecule has 0 aromatic heterocycles. The van der Waals surface area contributed by atoms with Gasteiger partial charge >= 0.3 is 0 Å². The first-order valence-corrected chi connectivity index (χ1v) is 5.19. The zero-order valence-electron chi connectivity index (χ0n) is 6.93. The number of rotatable bonds is 3. The van der Waals surface area contributed by atoms with E-state index in [1.807, 2.05) is 0 Å². The summed E-state index contributed by atoms with van der Waals surface area (Å²) in [4.78, 5) is 0.295. The van der Waals surface area contributed by atoms with E-state index in [0.29, 0.717) is 11.0 Å². The van der Waals surface area contributed by atoms with Gasteiger partial charge in [-0.15, -0.1) is 0 Å². The van der Waals surface area contributed by atoms with Gasteiger partial charge in [0.2, 0.25) is 0 Å². The van der Waals surface area contributed by atoms with Gasteiger partial charge < -0.3 is 9.29 Å². The molecule has 0 radical (unpaired) electrons. The second-order valence-electron chi connectivity index (χ2n) is 3.02. The van der Waals surface area contributed by atoms with E-state index in [9.17, 15) is 8.76 Å². The van der Waals surface area contributed by atoms with Crippen LogP contribution in [0.2, 0.25) is 0 Å². The minimum Gasteiger partial charge on any atom is -0.768 e. The molecule has 0 heterocycles. The zero-order chi connectivity index (χ0) is 9.26. The molecule has 1 aliphatic carbocycles. The lowest BCUT2D eigenvalue weighted by atomic mass is 10.3. The summed E-state index contributed by atoms with van der Waals surface area (Å²) in [5, 5.41) is 0. The second kappa shape index (κ2) is 3.47. The SMILES string of the molecule is O=S([O-])c1ccc(OC2CC2)cc1. The lowest BCUT2D eigenvalue weighted by molar-refractivity contribution is 0.303. The molecule has 0 N–H and O–H groups in total. The lowest BCUT2D eigenvalue weighted by Gasteiger charge is -2.07. The van der Waals surface area contributed by atoms with Crippen molar-refractivity contribution < 1.29 is 13.5 Å². The van der Waals surface area contributed by atoms with Gasteiger partial charge in [0.05, 0.1) is 6.10 Å². The van der Waals surface area contributed by atoms with E-state index < -0.39 is 11.1 Å². The van der Waals surface area contributed by atoms with Crippen molar-refractivity contribution in [3.8, 4) is 5.75 Å². The summed E-state index contributed by atoms with van der Waals surface area (Å²) < 4.78 is 26.5. The van der Waals surface area contributed by atoms with E-state index in [2.05, 4.69) is 0 Å². The van der Waals surface area contributed by atoms with E-state index in [0.717, 1.165) is 18.6 Å². The highest BCUT2D eigenvalue weighted by molar-refractivity contribution is 7.79. The molecule has 1 unspecified atom stereocenters. The molecule has 1 aromatic rings. The van der Waals surface area contributed by atoms with Gasteiger partial charge in [0.15, 0.2) is 0 Å². The fourth-order valence-electron chi connectivity index (χ4n) is 1.01. The molecule has 1 aromatic carbocycles. The summed E-state index contributed by atoms with van der Waals surface area (Å²) in [5.41, 5.74) is 0. The Morgan fingerprint density at radius 1 is 1.31 bits per heavy atom. The van der Waals surface area contributed by atoms with Crippen molar-refractivity contribution in [2.24, 2.45) is 0 Å². The van der Waals surface area contributed by atoms with E-state index in [1.165, 1.54) is 0 Å². The minimum absolute atomic E-state index is 0.295. The van der Waals surface area contributed by atoms with Crippen LogP contribution in [-0.4, -0.2) is 14.9 Å². The van der Waals surface area contributed by atoms with Gasteiger partial charge in [0, 0.05) is 4.90 Å². The molecule has 0 saturated heterocycles. The molecule has 13 heavy (non-hydrogen) atoms. The third-order valence-corrected chi connectivity index (χ3v) is 2.50. The Morgan fingerprint density at radius 2 is 1.92 bits per heavy atom. The maximum Gasteiger partial charge on any atom is 0.119 e. The molecule has 1 fully saturated rings. The third kappa shape index (κ3) is 2.29. The maximum absolute atomic E-state index is 10.5. The molecule has 2 rings (SSSR count). The largest absolute Gasteiger partial charge is 0.768 e. The summed E-state index contributed by atoms with van der Waals surface area (Å²) in [6, 6.07) is 6.45. The van der Waals surface area contributed by atoms with Crippen LogP contribution in [0.1, 0.15) is 12.8 Å². The van der Waals surface area contributed by atoms with Crippen molar-refractivity contribution in [2.75, 3.05) is 0 Å². The smallest absolute Gasteiger partial charge is 0.119 e. The van der Waals surface area contributed by atoms with Gasteiger partial charge in [0.1, 0.15) is 5.75 Å². The van der Waals surface area contributed by atoms with Crippen LogP contribution in [0.3, 0.4) is 0 Å². The molecule has 0 amide bonds. The van der Waals surface area contributed by atoms with E-state index in [4.69, 9.17) is 4.74 Å². The van der Waals surface area contributed by atoms with Gasteiger partial charge in [-0.1, -0.05) is 0 Å². The summed E-state index contributed by atoms with van der Waals surface area (Å²) in [6.07, 6.45) is 2.56. The van der Waals surface area contributed by atoms with Crippen LogP contribution in [0, 0.1) is 0 Å². The molecular weight excluding hydrogens is 188 g/mol. The van der Waals surface area contributed by atoms with Crippen LogP contribution in [-0.2, 0) is 11.1 Å². The molecule has 1 atom stereocenters. The first-order valence-electron chi connectivity index (χ1n) is 4.12. The van der Waals surface area contributed by atoms with E-state index in [-0.39, 0.29) is 0 Å². The van der Waals surface area contributed by atoms with Crippen molar-refractivity contribution in [3.63, 3.8) is 0 Å². The Balaban J connectivity index is 2.08. The van der Waals surface area contributed by atoms with Gasteiger partial charge in [0.25, 0.3) is 0 Å². The van der Waals surface area contributed by atoms with E-state index >= 15 is 0 Å². The van der Waals surface area contributed by atoms with Crippen molar-refractivity contribution in [2.45, 2.75) is 23.8 Å². The van der Waals surface area contributed by atoms with Crippen LogP contribution in [0.5, 0.6) is 5.75 Å². The van der Waals surface area contributed by atoms with Crippen LogP contribution in [0.15, 0.2) is 29.2 Å². The molecule has 1 saturated carbocycles. The number of hydrogen-bond donors (Lipinski definition) is 0. The lowest BCUT2D eigenvalue weighted by Crippen LogP contribution is -1.96. The fraction of sp³-hybridized carbons (Fsp3) is 0.333. The number of ether oxygens (including phenoxy) is 1. The van der Waals surface area contributed by atoms with Gasteiger partial charge in [-0.2, -0.15) is 0 Å². The first kappa shape index (κ1) is 8.72. The summed E-state index contributed by atoms with van der Waals surface area (Å²) >= 11 is -2.14. The highest BCUT2D eigenvalue weighted by atomic mass is 32.2. The monoisotopic (exact) mass is 197 g/mol. The molecule has 3 nitrogen and oxygen atoms in total. The third-order valence-electron chi connectivity index (χ3n) is 1.84. The molecular formula is C9H9O3S-. The normalized spacial score (nSPS) is 18.2. The number of benzene rings is 1. The highest BCUT2D eigenvalue weighted by Gasteiger charge is 2.23. The zero-order valence-corrected chi connectivity index (χ0v) is 7.75. The quantitative estimate of drug-likeness (QED) is 0.689. The van der Waals surface area contributed by atoms with Gasteiger partial charge in [-0.25, -0.2) is 0 Å². The van der Waals surface area contributed by atoms with Crippen molar-refractivity contribution >= 4 is 11.1 Å². The van der Waals surface area contributed by atoms with Crippen molar-refractivity contribution in [1.29, 1.82) is 0 Å². The Hall–Kier alpha value is -0.870. The Bertz CT molecular complexity index is 316. The average molecular weight is 197 g/mol. The Morgan fingerprint density at radius 3 is 2.38 bits per heavy atom. The Kier molecular flexibility index (Phi) is 2.33. The number of hydrogen-bond acceptors (Lipinski definition) is 3. The average Bonchev–Trinajstić information content (AvgIpc) is 2.89. The summed E-state index contributed by atoms with van der Waals surface area (Å²) in [7, 11) is 0. The van der Waals surface area contributed by atoms with Crippen molar-refractivity contribution in [3.05, 3.63) is 24.3 Å². The standard InChI is InChI=1S/C9H10O3S/c10-13(11)9-5-3-8(4-6-9)12-7-1-2-7/h3-7H,1-2H2,(H,10,11)/p-1. The molecule has 4 heteroatoms. The van der Waals surface area contributed by atoms with Gasteiger partial charge in [-0.05, 0) is 48.2 Å². The molecule has 0 spiro atoms. The minimum atomic E-state index is -2.14. The van der Waals surface area contributed by atoms with Crippen LogP contribution in [0.4, 0.5) is 0 Å². The molecule has 0 aliphatic heterocycles. The maximum atomic E-state index is 10.5. The molecule has 0 bridgehead atoms. The second-order valence-corrected chi connectivity index (χ2v) is 3.96. The predicted molar refractivity (Wildman–Crippen MR) is 47.3 cm³/mol. The van der Waals surface area contributed by atoms with Crippen LogP contribution in [0.25, 0.3) is 0 Å². The predicted octanol–water partition coefficient (Wildman–Crippen LogP) is 1.47. The topological polar surface area (TPSA) is 49.4 Å². The summed E-state index contributed by atoms with van der Waals surface area (Å²) in [5.74, 6) is 0.747. The molecule has 1 aliphatic rings. The van der Waals surface area contributed by atoms with E-state index in [1.54, 1.807) is 24.3 Å². The highest BCUT2D eigenvalue weighted by Crippen LogP contribution is 2.26. The van der Waals surface area contributed by atoms with Crippen LogP contribution >= 0.6 is 0 Å². The fourth-order valence-corrected chi connectivity index (χ4v) is 1.37. The summed E-state index contributed by atoms with van der Waals surface area (Å²) in [6.45, 7) is 0. The van der Waals surface area contributed by atoms with Crippen LogP contribution < -0.4 is 4.74 Å². The van der Waals surface area contributed by atoms with Gasteiger partial charge in [-0.3, -0.25) is 4.21 Å². The molecule has 70 valence electrons. The Labute approximate surface area is 79.0 Å². The first-order chi connectivity index (χ1) is 6.25.